The number of piperidine rings is 2. The first kappa shape index (κ1) is 11.9. The van der Waals surface area contributed by atoms with Gasteiger partial charge in [0.1, 0.15) is 0 Å². The molecule has 16 heavy (non-hydrogen) atoms. The normalized spacial score (nSPS) is 31.4. The largest absolute Gasteiger partial charge is 0.340 e. The Balaban J connectivity index is 1.81. The maximum Gasteiger partial charge on any atom is 0.223 e. The first-order valence-electron chi connectivity index (χ1n) is 6.77. The summed E-state index contributed by atoms with van der Waals surface area (Å²) in [4.78, 5) is 14.3. The average Bonchev–Trinajstić information content (AvgIpc) is 2.31. The van der Waals surface area contributed by atoms with Crippen LogP contribution in [0.1, 0.15) is 45.4 Å². The number of carbonyl (C=O) groups excluding carboxylic acids is 1. The second-order valence-corrected chi connectivity index (χ2v) is 5.35. The number of nitrogens with one attached hydrogen (secondary N) is 1. The van der Waals surface area contributed by atoms with E-state index >= 15 is 0 Å². The van der Waals surface area contributed by atoms with E-state index in [2.05, 4.69) is 17.1 Å². The third-order valence-electron chi connectivity index (χ3n) is 3.99. The maximum absolute atomic E-state index is 12.2. The van der Waals surface area contributed by atoms with Crippen molar-refractivity contribution in [3.05, 3.63) is 0 Å². The lowest BCUT2D eigenvalue weighted by Crippen LogP contribution is -2.43. The molecule has 2 aliphatic rings. The van der Waals surface area contributed by atoms with Crippen molar-refractivity contribution in [2.45, 2.75) is 51.5 Å². The summed E-state index contributed by atoms with van der Waals surface area (Å²) in [6, 6.07) is 0.470. The van der Waals surface area contributed by atoms with Gasteiger partial charge in [0.15, 0.2) is 0 Å². The van der Waals surface area contributed by atoms with E-state index in [0.717, 1.165) is 26.1 Å². The standard InChI is InChI=1S/C13H24N2O/c1-11-5-2-3-8-15(11)13(16)9-12-6-4-7-14-10-12/h11-12,14H,2-10H2,1H3/t11-,12-/m0/s1. The van der Waals surface area contributed by atoms with Crippen LogP contribution in [0.25, 0.3) is 0 Å². The SMILES string of the molecule is C[C@H]1CCCCN1C(=O)C[C@@H]1CCCNC1. The third-order valence-corrected chi connectivity index (χ3v) is 3.99. The molecule has 0 aromatic carbocycles. The molecule has 0 aliphatic carbocycles. The fourth-order valence-electron chi connectivity index (χ4n) is 2.93. The topological polar surface area (TPSA) is 32.3 Å². The zero-order valence-electron chi connectivity index (χ0n) is 10.4. The number of hydrogen-bond acceptors (Lipinski definition) is 2. The maximum atomic E-state index is 12.2. The van der Waals surface area contributed by atoms with Crippen LogP contribution in [0.4, 0.5) is 0 Å². The fourth-order valence-corrected chi connectivity index (χ4v) is 2.93. The molecule has 92 valence electrons. The van der Waals surface area contributed by atoms with Gasteiger partial charge in [-0.15, -0.1) is 0 Å². The Hall–Kier alpha value is -0.570. The molecule has 0 aromatic heterocycles. The van der Waals surface area contributed by atoms with Crippen molar-refractivity contribution in [2.75, 3.05) is 19.6 Å². The molecule has 0 aromatic rings. The van der Waals surface area contributed by atoms with Crippen LogP contribution in [0.2, 0.25) is 0 Å². The molecule has 3 heteroatoms. The van der Waals surface area contributed by atoms with Crippen molar-refractivity contribution >= 4 is 5.91 Å². The van der Waals surface area contributed by atoms with Gasteiger partial charge in [-0.1, -0.05) is 0 Å². The number of carbonyl (C=O) groups is 1. The molecule has 0 spiro atoms. The van der Waals surface area contributed by atoms with E-state index in [1.54, 1.807) is 0 Å². The molecule has 2 saturated heterocycles. The Morgan fingerprint density at radius 2 is 2.19 bits per heavy atom. The van der Waals surface area contributed by atoms with Gasteiger partial charge in [0.2, 0.25) is 5.91 Å². The van der Waals surface area contributed by atoms with E-state index in [9.17, 15) is 4.79 Å². The number of rotatable bonds is 2. The highest BCUT2D eigenvalue weighted by Gasteiger charge is 2.25. The minimum Gasteiger partial charge on any atom is -0.340 e. The van der Waals surface area contributed by atoms with Gasteiger partial charge >= 0.3 is 0 Å². The minimum atomic E-state index is 0.390. The molecular weight excluding hydrogens is 200 g/mol. The van der Waals surface area contributed by atoms with Crippen molar-refractivity contribution in [1.82, 2.24) is 10.2 Å². The van der Waals surface area contributed by atoms with Gasteiger partial charge < -0.3 is 10.2 Å². The van der Waals surface area contributed by atoms with Crippen molar-refractivity contribution in [2.24, 2.45) is 5.92 Å². The van der Waals surface area contributed by atoms with Crippen LogP contribution < -0.4 is 5.32 Å². The summed E-state index contributed by atoms with van der Waals surface area (Å²) in [6.07, 6.45) is 6.88. The summed E-state index contributed by atoms with van der Waals surface area (Å²) >= 11 is 0. The quantitative estimate of drug-likeness (QED) is 0.775. The number of nitrogens with zero attached hydrogens (tertiary/aromatic N) is 1. The van der Waals surface area contributed by atoms with Gasteiger partial charge in [-0.05, 0) is 58.0 Å². The fraction of sp³-hybridized carbons (Fsp3) is 0.923. The monoisotopic (exact) mass is 224 g/mol. The lowest BCUT2D eigenvalue weighted by Gasteiger charge is -2.35. The van der Waals surface area contributed by atoms with E-state index in [1.165, 1.54) is 32.1 Å². The zero-order valence-corrected chi connectivity index (χ0v) is 10.4. The van der Waals surface area contributed by atoms with Gasteiger partial charge in [0.25, 0.3) is 0 Å². The summed E-state index contributed by atoms with van der Waals surface area (Å²) in [5.41, 5.74) is 0. The van der Waals surface area contributed by atoms with E-state index in [4.69, 9.17) is 0 Å². The molecule has 0 radical (unpaired) electrons. The lowest BCUT2D eigenvalue weighted by atomic mass is 9.94. The van der Waals surface area contributed by atoms with Gasteiger partial charge in [0, 0.05) is 19.0 Å². The zero-order chi connectivity index (χ0) is 11.4. The van der Waals surface area contributed by atoms with Crippen LogP contribution >= 0.6 is 0 Å². The van der Waals surface area contributed by atoms with Gasteiger partial charge in [-0.3, -0.25) is 4.79 Å². The Bertz CT molecular complexity index is 236. The predicted molar refractivity (Wildman–Crippen MR) is 65.2 cm³/mol. The Kier molecular flexibility index (Phi) is 4.22. The van der Waals surface area contributed by atoms with Gasteiger partial charge in [-0.25, -0.2) is 0 Å². The molecule has 3 nitrogen and oxygen atoms in total. The highest BCUT2D eigenvalue weighted by atomic mass is 16.2. The first-order chi connectivity index (χ1) is 7.77. The molecule has 1 N–H and O–H groups in total. The minimum absolute atomic E-state index is 0.390. The van der Waals surface area contributed by atoms with Crippen molar-refractivity contribution < 1.29 is 4.79 Å². The Morgan fingerprint density at radius 1 is 1.31 bits per heavy atom. The highest BCUT2D eigenvalue weighted by Crippen LogP contribution is 2.21. The Morgan fingerprint density at radius 3 is 2.88 bits per heavy atom. The average molecular weight is 224 g/mol. The van der Waals surface area contributed by atoms with E-state index in [0.29, 0.717) is 17.9 Å². The van der Waals surface area contributed by atoms with Crippen molar-refractivity contribution in [3.63, 3.8) is 0 Å². The number of amides is 1. The van der Waals surface area contributed by atoms with Crippen LogP contribution in [0.15, 0.2) is 0 Å². The second kappa shape index (κ2) is 5.67. The second-order valence-electron chi connectivity index (χ2n) is 5.35. The molecule has 2 heterocycles. The van der Waals surface area contributed by atoms with Crippen molar-refractivity contribution in [1.29, 1.82) is 0 Å². The molecular formula is C13H24N2O. The van der Waals surface area contributed by atoms with Gasteiger partial charge in [0.05, 0.1) is 0 Å². The molecule has 1 amide bonds. The van der Waals surface area contributed by atoms with Crippen LogP contribution in [0, 0.1) is 5.92 Å². The lowest BCUT2D eigenvalue weighted by molar-refractivity contribution is -0.135. The van der Waals surface area contributed by atoms with Gasteiger partial charge in [-0.2, -0.15) is 0 Å². The summed E-state index contributed by atoms with van der Waals surface area (Å²) in [5.74, 6) is 0.969. The Labute approximate surface area is 98.6 Å². The van der Waals surface area contributed by atoms with E-state index in [1.807, 2.05) is 0 Å². The number of hydrogen-bond donors (Lipinski definition) is 1. The summed E-state index contributed by atoms with van der Waals surface area (Å²) in [5, 5.41) is 3.38. The molecule has 2 atom stereocenters. The molecule has 0 unspecified atom stereocenters. The van der Waals surface area contributed by atoms with Crippen LogP contribution in [0.3, 0.4) is 0 Å². The summed E-state index contributed by atoms with van der Waals surface area (Å²) < 4.78 is 0. The summed E-state index contributed by atoms with van der Waals surface area (Å²) in [7, 11) is 0. The van der Waals surface area contributed by atoms with E-state index in [-0.39, 0.29) is 0 Å². The smallest absolute Gasteiger partial charge is 0.223 e. The molecule has 0 bridgehead atoms. The third kappa shape index (κ3) is 2.97. The van der Waals surface area contributed by atoms with Crippen LogP contribution in [0.5, 0.6) is 0 Å². The molecule has 2 aliphatic heterocycles. The van der Waals surface area contributed by atoms with Crippen molar-refractivity contribution in [3.8, 4) is 0 Å². The number of likely N-dealkylation sites (tertiary alicyclic amines) is 1. The summed E-state index contributed by atoms with van der Waals surface area (Å²) in [6.45, 7) is 5.34. The van der Waals surface area contributed by atoms with Crippen LogP contribution in [-0.2, 0) is 4.79 Å². The molecule has 2 rings (SSSR count). The molecule has 0 saturated carbocycles. The van der Waals surface area contributed by atoms with E-state index < -0.39 is 0 Å². The predicted octanol–water partition coefficient (Wildman–Crippen LogP) is 1.78. The first-order valence-corrected chi connectivity index (χ1v) is 6.77. The molecule has 2 fully saturated rings. The highest BCUT2D eigenvalue weighted by molar-refractivity contribution is 5.76. The van der Waals surface area contributed by atoms with Crippen LogP contribution in [-0.4, -0.2) is 36.5 Å².